The van der Waals surface area contributed by atoms with Gasteiger partial charge in [-0.1, -0.05) is 11.2 Å². The zero-order valence-electron chi connectivity index (χ0n) is 12.9. The Bertz CT molecular complexity index is 665. The number of likely N-dealkylation sites (tertiary alicyclic amines) is 1. The highest BCUT2D eigenvalue weighted by molar-refractivity contribution is 7.09. The van der Waals surface area contributed by atoms with Crippen LogP contribution in [0, 0.1) is 0 Å². The summed E-state index contributed by atoms with van der Waals surface area (Å²) in [5.74, 6) is 2.04. The van der Waals surface area contributed by atoms with E-state index in [0.717, 1.165) is 43.9 Å². The average molecular weight is 332 g/mol. The molecule has 0 radical (unpaired) electrons. The summed E-state index contributed by atoms with van der Waals surface area (Å²) >= 11 is 1.66. The number of thiophene rings is 1. The number of carbonyl (C=O) groups is 1. The molecule has 3 heterocycles. The van der Waals surface area contributed by atoms with Crippen LogP contribution in [0.4, 0.5) is 0 Å². The fraction of sp³-hybridized carbons (Fsp3) is 0.562. The molecule has 1 atom stereocenters. The van der Waals surface area contributed by atoms with E-state index < -0.39 is 0 Å². The Balaban J connectivity index is 1.34. The summed E-state index contributed by atoms with van der Waals surface area (Å²) in [7, 11) is 0. The lowest BCUT2D eigenvalue weighted by Gasteiger charge is -2.20. The second kappa shape index (κ2) is 6.41. The Morgan fingerprint density at radius 3 is 3.13 bits per heavy atom. The van der Waals surface area contributed by atoms with Crippen molar-refractivity contribution in [1.82, 2.24) is 20.4 Å². The lowest BCUT2D eigenvalue weighted by atomic mass is 10.2. The van der Waals surface area contributed by atoms with Gasteiger partial charge in [0.05, 0.1) is 19.1 Å². The van der Waals surface area contributed by atoms with Crippen LogP contribution in [0.25, 0.3) is 0 Å². The maximum absolute atomic E-state index is 12.2. The standard InChI is InChI=1S/C16H20N4O2S/c21-14(17-9-12-3-2-8-23-12)10-20-7-1-4-13(20)15-18-16(22-19-15)11-5-6-11/h2-3,8,11,13H,1,4-7,9-10H2,(H,17,21)/t13-/m0/s1. The molecule has 2 fully saturated rings. The molecule has 0 spiro atoms. The van der Waals surface area contributed by atoms with E-state index in [-0.39, 0.29) is 11.9 Å². The quantitative estimate of drug-likeness (QED) is 0.880. The highest BCUT2D eigenvalue weighted by Crippen LogP contribution is 2.40. The molecular formula is C16H20N4O2S. The summed E-state index contributed by atoms with van der Waals surface area (Å²) in [5.41, 5.74) is 0. The van der Waals surface area contributed by atoms with E-state index in [2.05, 4.69) is 20.4 Å². The Kier molecular flexibility index (Phi) is 4.13. The van der Waals surface area contributed by atoms with Crippen molar-refractivity contribution < 1.29 is 9.32 Å². The van der Waals surface area contributed by atoms with Gasteiger partial charge in [0, 0.05) is 10.8 Å². The maximum Gasteiger partial charge on any atom is 0.234 e. The van der Waals surface area contributed by atoms with Gasteiger partial charge in [0.2, 0.25) is 11.8 Å². The van der Waals surface area contributed by atoms with Gasteiger partial charge in [-0.25, -0.2) is 0 Å². The van der Waals surface area contributed by atoms with E-state index in [4.69, 9.17) is 4.52 Å². The molecular weight excluding hydrogens is 312 g/mol. The van der Waals surface area contributed by atoms with Crippen LogP contribution in [0.1, 0.15) is 54.2 Å². The molecule has 7 heteroatoms. The van der Waals surface area contributed by atoms with E-state index in [0.29, 0.717) is 19.0 Å². The molecule has 23 heavy (non-hydrogen) atoms. The first kappa shape index (κ1) is 14.8. The topological polar surface area (TPSA) is 71.3 Å². The van der Waals surface area contributed by atoms with Gasteiger partial charge in [0.1, 0.15) is 0 Å². The maximum atomic E-state index is 12.2. The zero-order chi connectivity index (χ0) is 15.6. The third-order valence-corrected chi connectivity index (χ3v) is 5.31. The van der Waals surface area contributed by atoms with Crippen LogP contribution in [0.15, 0.2) is 22.0 Å². The Labute approximate surface area is 138 Å². The van der Waals surface area contributed by atoms with Crippen LogP contribution in [-0.4, -0.2) is 34.0 Å². The minimum absolute atomic E-state index is 0.0520. The van der Waals surface area contributed by atoms with Crippen molar-refractivity contribution in [2.24, 2.45) is 0 Å². The molecule has 6 nitrogen and oxygen atoms in total. The van der Waals surface area contributed by atoms with Crippen LogP contribution in [-0.2, 0) is 11.3 Å². The Morgan fingerprint density at radius 2 is 2.35 bits per heavy atom. The first-order valence-electron chi connectivity index (χ1n) is 8.16. The summed E-state index contributed by atoms with van der Waals surface area (Å²) in [6, 6.07) is 4.14. The molecule has 1 aliphatic heterocycles. The van der Waals surface area contributed by atoms with Crippen LogP contribution < -0.4 is 5.32 Å². The van der Waals surface area contributed by atoms with E-state index in [9.17, 15) is 4.79 Å². The van der Waals surface area contributed by atoms with Crippen molar-refractivity contribution >= 4 is 17.2 Å². The molecule has 0 unspecified atom stereocenters. The molecule has 2 aliphatic rings. The first-order valence-corrected chi connectivity index (χ1v) is 9.04. The van der Waals surface area contributed by atoms with Gasteiger partial charge in [-0.2, -0.15) is 4.98 Å². The second-order valence-electron chi connectivity index (χ2n) is 6.25. The molecule has 1 saturated carbocycles. The molecule has 122 valence electrons. The lowest BCUT2D eigenvalue weighted by Crippen LogP contribution is -2.36. The van der Waals surface area contributed by atoms with Crippen molar-refractivity contribution in [3.8, 4) is 0 Å². The molecule has 1 N–H and O–H groups in total. The van der Waals surface area contributed by atoms with Gasteiger partial charge in [0.15, 0.2) is 5.82 Å². The first-order chi connectivity index (χ1) is 11.3. The van der Waals surface area contributed by atoms with Crippen LogP contribution >= 0.6 is 11.3 Å². The number of hydrogen-bond acceptors (Lipinski definition) is 6. The molecule has 1 aliphatic carbocycles. The van der Waals surface area contributed by atoms with Gasteiger partial charge in [-0.15, -0.1) is 11.3 Å². The van der Waals surface area contributed by atoms with E-state index in [1.165, 1.54) is 4.88 Å². The summed E-state index contributed by atoms with van der Waals surface area (Å²) in [6.45, 7) is 1.90. The predicted molar refractivity (Wildman–Crippen MR) is 86.0 cm³/mol. The van der Waals surface area contributed by atoms with Crippen molar-refractivity contribution in [2.75, 3.05) is 13.1 Å². The lowest BCUT2D eigenvalue weighted by molar-refractivity contribution is -0.122. The van der Waals surface area contributed by atoms with Gasteiger partial charge in [-0.05, 0) is 43.7 Å². The fourth-order valence-corrected chi connectivity index (χ4v) is 3.67. The monoisotopic (exact) mass is 332 g/mol. The van der Waals surface area contributed by atoms with E-state index in [1.807, 2.05) is 17.5 Å². The van der Waals surface area contributed by atoms with Crippen molar-refractivity contribution in [3.63, 3.8) is 0 Å². The SMILES string of the molecule is O=C(CN1CCC[C@H]1c1noc(C2CC2)n1)NCc1cccs1. The number of rotatable bonds is 6. The van der Waals surface area contributed by atoms with Crippen molar-refractivity contribution in [2.45, 2.75) is 44.2 Å². The number of aromatic nitrogens is 2. The Hall–Kier alpha value is -1.73. The minimum Gasteiger partial charge on any atom is -0.350 e. The van der Waals surface area contributed by atoms with Crippen LogP contribution in [0.5, 0.6) is 0 Å². The third-order valence-electron chi connectivity index (χ3n) is 4.43. The Morgan fingerprint density at radius 1 is 1.43 bits per heavy atom. The number of amides is 1. The third kappa shape index (κ3) is 3.45. The highest BCUT2D eigenvalue weighted by atomic mass is 32.1. The van der Waals surface area contributed by atoms with Gasteiger partial charge in [-0.3, -0.25) is 9.69 Å². The number of hydrogen-bond donors (Lipinski definition) is 1. The highest BCUT2D eigenvalue weighted by Gasteiger charge is 2.34. The van der Waals surface area contributed by atoms with Crippen molar-refractivity contribution in [1.29, 1.82) is 0 Å². The van der Waals surface area contributed by atoms with E-state index >= 15 is 0 Å². The summed E-state index contributed by atoms with van der Waals surface area (Å²) in [5, 5.41) is 9.15. The minimum atomic E-state index is 0.0520. The molecule has 1 amide bonds. The largest absolute Gasteiger partial charge is 0.350 e. The molecule has 0 aromatic carbocycles. The normalized spacial score (nSPS) is 21.7. The molecule has 1 saturated heterocycles. The van der Waals surface area contributed by atoms with Crippen LogP contribution in [0.2, 0.25) is 0 Å². The zero-order valence-corrected chi connectivity index (χ0v) is 13.7. The van der Waals surface area contributed by atoms with Crippen LogP contribution in [0.3, 0.4) is 0 Å². The fourth-order valence-electron chi connectivity index (χ4n) is 3.03. The predicted octanol–water partition coefficient (Wildman–Crippen LogP) is 2.46. The number of nitrogens with zero attached hydrogens (tertiary/aromatic N) is 3. The summed E-state index contributed by atoms with van der Waals surface area (Å²) in [6.07, 6.45) is 4.36. The average Bonchev–Trinajstić information content (AvgIpc) is 2.99. The number of carbonyl (C=O) groups excluding carboxylic acids is 1. The summed E-state index contributed by atoms with van der Waals surface area (Å²) < 4.78 is 5.36. The van der Waals surface area contributed by atoms with Gasteiger partial charge in [0.25, 0.3) is 0 Å². The van der Waals surface area contributed by atoms with E-state index in [1.54, 1.807) is 11.3 Å². The smallest absolute Gasteiger partial charge is 0.234 e. The van der Waals surface area contributed by atoms with Crippen molar-refractivity contribution in [3.05, 3.63) is 34.1 Å². The molecule has 2 aromatic heterocycles. The molecule has 2 aromatic rings. The molecule has 4 rings (SSSR count). The van der Waals surface area contributed by atoms with Gasteiger partial charge >= 0.3 is 0 Å². The second-order valence-corrected chi connectivity index (χ2v) is 7.28. The summed E-state index contributed by atoms with van der Waals surface area (Å²) in [4.78, 5) is 20.1. The molecule has 0 bridgehead atoms. The number of nitrogens with one attached hydrogen (secondary N) is 1. The van der Waals surface area contributed by atoms with Gasteiger partial charge < -0.3 is 9.84 Å².